The van der Waals surface area contributed by atoms with Gasteiger partial charge in [0.25, 0.3) is 0 Å². The molecule has 5 heterocycles. The fourth-order valence-corrected chi connectivity index (χ4v) is 4.55. The molecule has 10 heteroatoms. The average Bonchev–Trinajstić information content (AvgIpc) is 3.28. The Morgan fingerprint density at radius 2 is 1.90 bits per heavy atom. The Morgan fingerprint density at radius 1 is 1.10 bits per heavy atom. The van der Waals surface area contributed by atoms with Gasteiger partial charge in [-0.05, 0) is 31.0 Å². The van der Waals surface area contributed by atoms with Gasteiger partial charge in [0.1, 0.15) is 16.7 Å². The maximum absolute atomic E-state index is 12.9. The number of ether oxygens (including phenoxy) is 2. The van der Waals surface area contributed by atoms with E-state index in [0.29, 0.717) is 39.5 Å². The number of hydrogen-bond donors (Lipinski definition) is 0. The highest BCUT2D eigenvalue weighted by molar-refractivity contribution is 7.15. The van der Waals surface area contributed by atoms with Crippen molar-refractivity contribution in [2.45, 2.75) is 31.2 Å². The molecule has 2 aliphatic rings. The standard InChI is InChI=1S/C19H19F3N4O2S/c20-19(21,22)16-2-1-15(29-16)14-9-23-17-3-4-18(24-26(14)17)28-13-5-7-25(8-6-13)12-10-27-11-12/h1-4,9,12-13H,5-8,10-11H2. The highest BCUT2D eigenvalue weighted by atomic mass is 32.1. The summed E-state index contributed by atoms with van der Waals surface area (Å²) in [5.74, 6) is 0.453. The molecular formula is C19H19F3N4O2S. The quantitative estimate of drug-likeness (QED) is 0.639. The summed E-state index contributed by atoms with van der Waals surface area (Å²) in [6.45, 7) is 3.55. The first-order valence-corrected chi connectivity index (χ1v) is 10.3. The van der Waals surface area contributed by atoms with E-state index in [4.69, 9.17) is 9.47 Å². The van der Waals surface area contributed by atoms with Crippen LogP contribution in [0.3, 0.4) is 0 Å². The van der Waals surface area contributed by atoms with E-state index in [9.17, 15) is 13.2 Å². The van der Waals surface area contributed by atoms with E-state index in [1.807, 2.05) is 0 Å². The van der Waals surface area contributed by atoms with Crippen LogP contribution in [-0.4, -0.2) is 57.9 Å². The van der Waals surface area contributed by atoms with E-state index >= 15 is 0 Å². The van der Waals surface area contributed by atoms with Crippen LogP contribution >= 0.6 is 11.3 Å². The summed E-state index contributed by atoms with van der Waals surface area (Å²) in [7, 11) is 0. The van der Waals surface area contributed by atoms with Crippen molar-refractivity contribution in [3.05, 3.63) is 35.3 Å². The van der Waals surface area contributed by atoms with Crippen LogP contribution in [0.15, 0.2) is 30.5 Å². The van der Waals surface area contributed by atoms with Crippen LogP contribution in [0, 0.1) is 0 Å². The van der Waals surface area contributed by atoms with E-state index in [2.05, 4.69) is 15.0 Å². The number of hydrogen-bond acceptors (Lipinski definition) is 6. The number of piperidine rings is 1. The lowest BCUT2D eigenvalue weighted by Crippen LogP contribution is -2.52. The normalized spacial score (nSPS) is 19.6. The van der Waals surface area contributed by atoms with Gasteiger partial charge in [0.15, 0.2) is 5.65 Å². The molecule has 5 rings (SSSR count). The van der Waals surface area contributed by atoms with Gasteiger partial charge in [-0.2, -0.15) is 13.2 Å². The summed E-state index contributed by atoms with van der Waals surface area (Å²) in [5, 5.41) is 4.48. The van der Waals surface area contributed by atoms with Crippen LogP contribution in [0.1, 0.15) is 17.7 Å². The highest BCUT2D eigenvalue weighted by Crippen LogP contribution is 2.38. The molecule has 0 N–H and O–H groups in total. The third kappa shape index (κ3) is 3.72. The second-order valence-electron chi connectivity index (χ2n) is 7.29. The molecule has 0 radical (unpaired) electrons. The molecule has 3 aromatic rings. The predicted molar refractivity (Wildman–Crippen MR) is 101 cm³/mol. The molecule has 0 atom stereocenters. The van der Waals surface area contributed by atoms with Gasteiger partial charge >= 0.3 is 6.18 Å². The predicted octanol–water partition coefficient (Wildman–Crippen LogP) is 3.72. The van der Waals surface area contributed by atoms with Gasteiger partial charge in [-0.15, -0.1) is 16.4 Å². The number of thiophene rings is 1. The van der Waals surface area contributed by atoms with Gasteiger partial charge < -0.3 is 9.47 Å². The van der Waals surface area contributed by atoms with Crippen molar-refractivity contribution in [2.75, 3.05) is 26.3 Å². The van der Waals surface area contributed by atoms with Gasteiger partial charge in [-0.25, -0.2) is 9.50 Å². The zero-order valence-corrected chi connectivity index (χ0v) is 16.2. The number of nitrogens with zero attached hydrogens (tertiary/aromatic N) is 4. The first-order chi connectivity index (χ1) is 14.0. The highest BCUT2D eigenvalue weighted by Gasteiger charge is 2.33. The van der Waals surface area contributed by atoms with E-state index < -0.39 is 11.1 Å². The number of aromatic nitrogens is 3. The molecule has 2 fully saturated rings. The van der Waals surface area contributed by atoms with Gasteiger partial charge in [0.05, 0.1) is 30.3 Å². The minimum absolute atomic E-state index is 0.0720. The van der Waals surface area contributed by atoms with E-state index in [1.165, 1.54) is 12.3 Å². The third-order valence-corrected chi connectivity index (χ3v) is 6.53. The first-order valence-electron chi connectivity index (χ1n) is 9.48. The molecule has 0 bridgehead atoms. The molecule has 0 aliphatic carbocycles. The molecule has 0 unspecified atom stereocenters. The minimum atomic E-state index is -4.36. The molecule has 2 saturated heterocycles. The summed E-state index contributed by atoms with van der Waals surface area (Å²) in [6, 6.07) is 6.59. The maximum Gasteiger partial charge on any atom is 0.425 e. The number of alkyl halides is 3. The third-order valence-electron chi connectivity index (χ3n) is 5.38. The monoisotopic (exact) mass is 424 g/mol. The van der Waals surface area contributed by atoms with Crippen molar-refractivity contribution in [1.29, 1.82) is 0 Å². The minimum Gasteiger partial charge on any atom is -0.473 e. The van der Waals surface area contributed by atoms with E-state index in [0.717, 1.165) is 45.2 Å². The van der Waals surface area contributed by atoms with E-state index in [-0.39, 0.29) is 6.10 Å². The van der Waals surface area contributed by atoms with Crippen LogP contribution in [-0.2, 0) is 10.9 Å². The SMILES string of the molecule is FC(F)(F)c1ccc(-c2cnc3ccc(OC4CCN(C5COC5)CC4)nn23)s1. The van der Waals surface area contributed by atoms with Crippen molar-refractivity contribution < 1.29 is 22.6 Å². The number of rotatable bonds is 4. The number of imidazole rings is 1. The summed E-state index contributed by atoms with van der Waals surface area (Å²) in [4.78, 5) is 6.51. The molecule has 0 amide bonds. The molecule has 3 aromatic heterocycles. The summed E-state index contributed by atoms with van der Waals surface area (Å²) >= 11 is 0.682. The first kappa shape index (κ1) is 18.8. The second-order valence-corrected chi connectivity index (χ2v) is 8.37. The Bertz CT molecular complexity index is 1010. The van der Waals surface area contributed by atoms with Gasteiger partial charge in [0, 0.05) is 19.2 Å². The Morgan fingerprint density at radius 3 is 2.55 bits per heavy atom. The molecule has 2 aliphatic heterocycles. The lowest BCUT2D eigenvalue weighted by molar-refractivity contribution is -0.134. The van der Waals surface area contributed by atoms with Crippen molar-refractivity contribution >= 4 is 17.0 Å². The van der Waals surface area contributed by atoms with Crippen LogP contribution in [0.5, 0.6) is 5.88 Å². The summed E-state index contributed by atoms with van der Waals surface area (Å²) in [6.07, 6.45) is -0.925. The Kier molecular flexibility index (Phi) is 4.72. The van der Waals surface area contributed by atoms with Crippen LogP contribution < -0.4 is 4.74 Å². The number of halogens is 3. The zero-order valence-electron chi connectivity index (χ0n) is 15.4. The van der Waals surface area contributed by atoms with Crippen molar-refractivity contribution in [3.63, 3.8) is 0 Å². The molecule has 0 aromatic carbocycles. The Labute approximate surface area is 168 Å². The fraction of sp³-hybridized carbons (Fsp3) is 0.474. The summed E-state index contributed by atoms with van der Waals surface area (Å²) in [5.41, 5.74) is 1.08. The Hall–Kier alpha value is -2.17. The van der Waals surface area contributed by atoms with Gasteiger partial charge in [0.2, 0.25) is 5.88 Å². The zero-order chi connectivity index (χ0) is 20.0. The van der Waals surface area contributed by atoms with Crippen molar-refractivity contribution in [3.8, 4) is 16.5 Å². The van der Waals surface area contributed by atoms with Crippen LogP contribution in [0.2, 0.25) is 0 Å². The summed E-state index contributed by atoms with van der Waals surface area (Å²) < 4.78 is 51.7. The maximum atomic E-state index is 12.9. The molecular weight excluding hydrogens is 405 g/mol. The molecule has 6 nitrogen and oxygen atoms in total. The second kappa shape index (κ2) is 7.26. The topological polar surface area (TPSA) is 51.9 Å². The Balaban J connectivity index is 1.32. The number of likely N-dealkylation sites (tertiary alicyclic amines) is 1. The van der Waals surface area contributed by atoms with Crippen molar-refractivity contribution in [2.24, 2.45) is 0 Å². The largest absolute Gasteiger partial charge is 0.473 e. The molecule has 0 spiro atoms. The van der Waals surface area contributed by atoms with Crippen LogP contribution in [0.25, 0.3) is 16.2 Å². The van der Waals surface area contributed by atoms with E-state index in [1.54, 1.807) is 16.6 Å². The van der Waals surface area contributed by atoms with Crippen molar-refractivity contribution in [1.82, 2.24) is 19.5 Å². The average molecular weight is 424 g/mol. The smallest absolute Gasteiger partial charge is 0.425 e. The molecule has 29 heavy (non-hydrogen) atoms. The molecule has 154 valence electrons. The number of fused-ring (bicyclic) bond motifs is 1. The van der Waals surface area contributed by atoms with Crippen LogP contribution in [0.4, 0.5) is 13.2 Å². The van der Waals surface area contributed by atoms with Gasteiger partial charge in [-0.3, -0.25) is 4.90 Å². The fourth-order valence-electron chi connectivity index (χ4n) is 3.68. The lowest BCUT2D eigenvalue weighted by atomic mass is 10.0. The van der Waals surface area contributed by atoms with Gasteiger partial charge in [-0.1, -0.05) is 0 Å². The molecule has 0 saturated carbocycles. The lowest BCUT2D eigenvalue weighted by Gasteiger charge is -2.41.